The van der Waals surface area contributed by atoms with Crippen LogP contribution >= 0.6 is 0 Å². The third-order valence-electron chi connectivity index (χ3n) is 2.18. The van der Waals surface area contributed by atoms with E-state index in [4.69, 9.17) is 4.74 Å². The summed E-state index contributed by atoms with van der Waals surface area (Å²) in [6.45, 7) is 7.18. The first-order valence-electron chi connectivity index (χ1n) is 5.58. The zero-order valence-electron chi connectivity index (χ0n) is 10.2. The second kappa shape index (κ2) is 8.68. The molecule has 0 amide bonds. The Kier molecular flexibility index (Phi) is 8.33. The van der Waals surface area contributed by atoms with Gasteiger partial charge in [0, 0.05) is 0 Å². The van der Waals surface area contributed by atoms with Crippen molar-refractivity contribution in [1.82, 2.24) is 5.32 Å². The van der Waals surface area contributed by atoms with Crippen LogP contribution in [0.4, 0.5) is 0 Å². The summed E-state index contributed by atoms with van der Waals surface area (Å²) in [6.07, 6.45) is 2.30. The largest absolute Gasteiger partial charge is 0.468 e. The second-order valence-electron chi connectivity index (χ2n) is 3.57. The molecular weight excluding hydrogens is 194 g/mol. The predicted molar refractivity (Wildman–Crippen MR) is 59.8 cm³/mol. The molecule has 0 radical (unpaired) electrons. The maximum Gasteiger partial charge on any atom is 0.325 e. The van der Waals surface area contributed by atoms with Crippen molar-refractivity contribution in [1.29, 1.82) is 0 Å². The third kappa shape index (κ3) is 6.47. The number of ether oxygens (including phenoxy) is 2. The molecule has 15 heavy (non-hydrogen) atoms. The monoisotopic (exact) mass is 217 g/mol. The lowest BCUT2D eigenvalue weighted by Gasteiger charge is -2.18. The molecule has 0 aliphatic heterocycles. The summed E-state index contributed by atoms with van der Waals surface area (Å²) in [5, 5.41) is 3.03. The van der Waals surface area contributed by atoms with Crippen LogP contribution in [0.1, 0.15) is 33.6 Å². The van der Waals surface area contributed by atoms with Crippen molar-refractivity contribution in [3.8, 4) is 0 Å². The molecule has 90 valence electrons. The van der Waals surface area contributed by atoms with Gasteiger partial charge >= 0.3 is 5.97 Å². The van der Waals surface area contributed by atoms with Crippen LogP contribution in [0.15, 0.2) is 0 Å². The minimum absolute atomic E-state index is 0.195. The van der Waals surface area contributed by atoms with Crippen molar-refractivity contribution in [2.24, 2.45) is 0 Å². The van der Waals surface area contributed by atoms with Crippen LogP contribution in [0.2, 0.25) is 0 Å². The van der Waals surface area contributed by atoms with Gasteiger partial charge in [0.1, 0.15) is 6.04 Å². The normalized spacial score (nSPS) is 14.7. The molecule has 0 aliphatic rings. The molecule has 2 unspecified atom stereocenters. The summed E-state index contributed by atoms with van der Waals surface area (Å²) in [7, 11) is 1.39. The van der Waals surface area contributed by atoms with Gasteiger partial charge in [0.25, 0.3) is 0 Å². The number of methoxy groups -OCH3 is 1. The summed E-state index contributed by atoms with van der Waals surface area (Å²) < 4.78 is 10.2. The number of hydrogen-bond acceptors (Lipinski definition) is 4. The molecule has 0 aromatic rings. The van der Waals surface area contributed by atoms with Crippen LogP contribution < -0.4 is 5.32 Å². The first-order valence-corrected chi connectivity index (χ1v) is 5.58. The minimum atomic E-state index is -0.348. The number of rotatable bonds is 8. The smallest absolute Gasteiger partial charge is 0.325 e. The highest BCUT2D eigenvalue weighted by molar-refractivity contribution is 5.75. The van der Waals surface area contributed by atoms with Gasteiger partial charge in [0.2, 0.25) is 0 Å². The topological polar surface area (TPSA) is 47.6 Å². The molecule has 0 aromatic heterocycles. The van der Waals surface area contributed by atoms with Crippen molar-refractivity contribution in [3.63, 3.8) is 0 Å². The van der Waals surface area contributed by atoms with Crippen LogP contribution in [-0.4, -0.2) is 38.4 Å². The average Bonchev–Trinajstić information content (AvgIpc) is 2.23. The van der Waals surface area contributed by atoms with E-state index in [-0.39, 0.29) is 18.1 Å². The van der Waals surface area contributed by atoms with E-state index in [0.717, 1.165) is 19.4 Å². The molecule has 4 heteroatoms. The Morgan fingerprint density at radius 3 is 2.53 bits per heavy atom. The van der Waals surface area contributed by atoms with Gasteiger partial charge in [-0.2, -0.15) is 0 Å². The number of carbonyl (C=O) groups excluding carboxylic acids is 1. The van der Waals surface area contributed by atoms with E-state index < -0.39 is 0 Å². The summed E-state index contributed by atoms with van der Waals surface area (Å²) in [5.41, 5.74) is 0. The van der Waals surface area contributed by atoms with Gasteiger partial charge in [0.15, 0.2) is 0 Å². The number of esters is 1. The fraction of sp³-hybridized carbons (Fsp3) is 0.909. The molecule has 0 saturated heterocycles. The molecule has 0 bridgehead atoms. The lowest BCUT2D eigenvalue weighted by atomic mass is 10.2. The SMILES string of the molecule is CCCC(C)OCC(NCC)C(=O)OC. The summed E-state index contributed by atoms with van der Waals surface area (Å²) in [5.74, 6) is -0.263. The molecule has 0 spiro atoms. The Morgan fingerprint density at radius 2 is 2.07 bits per heavy atom. The van der Waals surface area contributed by atoms with Crippen LogP contribution in [0.5, 0.6) is 0 Å². The van der Waals surface area contributed by atoms with Gasteiger partial charge in [0.05, 0.1) is 19.8 Å². The zero-order chi connectivity index (χ0) is 11.7. The molecule has 4 nitrogen and oxygen atoms in total. The summed E-state index contributed by atoms with van der Waals surface area (Å²) >= 11 is 0. The Bertz CT molecular complexity index is 173. The molecule has 0 saturated carbocycles. The summed E-state index contributed by atoms with van der Waals surface area (Å²) in [6, 6.07) is -0.348. The number of nitrogens with one attached hydrogen (secondary N) is 1. The highest BCUT2D eigenvalue weighted by Gasteiger charge is 2.18. The van der Waals surface area contributed by atoms with Crippen molar-refractivity contribution in [3.05, 3.63) is 0 Å². The molecule has 0 heterocycles. The Labute approximate surface area is 92.3 Å². The van der Waals surface area contributed by atoms with Crippen LogP contribution in [0.3, 0.4) is 0 Å². The van der Waals surface area contributed by atoms with E-state index in [1.807, 2.05) is 13.8 Å². The predicted octanol–water partition coefficient (Wildman–Crippen LogP) is 1.34. The Morgan fingerprint density at radius 1 is 1.40 bits per heavy atom. The minimum Gasteiger partial charge on any atom is -0.468 e. The quantitative estimate of drug-likeness (QED) is 0.623. The van der Waals surface area contributed by atoms with E-state index in [0.29, 0.717) is 6.61 Å². The lowest BCUT2D eigenvalue weighted by Crippen LogP contribution is -2.42. The van der Waals surface area contributed by atoms with Gasteiger partial charge in [-0.3, -0.25) is 4.79 Å². The number of likely N-dealkylation sites (N-methyl/N-ethyl adjacent to an activating group) is 1. The van der Waals surface area contributed by atoms with Crippen molar-refractivity contribution in [2.45, 2.75) is 45.8 Å². The van der Waals surface area contributed by atoms with Crippen LogP contribution in [0.25, 0.3) is 0 Å². The fourth-order valence-electron chi connectivity index (χ4n) is 1.35. The molecule has 0 fully saturated rings. The molecule has 2 atom stereocenters. The first kappa shape index (κ1) is 14.4. The highest BCUT2D eigenvalue weighted by atomic mass is 16.5. The number of hydrogen-bond donors (Lipinski definition) is 1. The van der Waals surface area contributed by atoms with Crippen LogP contribution in [-0.2, 0) is 14.3 Å². The third-order valence-corrected chi connectivity index (χ3v) is 2.18. The van der Waals surface area contributed by atoms with E-state index in [2.05, 4.69) is 17.0 Å². The van der Waals surface area contributed by atoms with E-state index >= 15 is 0 Å². The van der Waals surface area contributed by atoms with Crippen molar-refractivity contribution in [2.75, 3.05) is 20.3 Å². The second-order valence-corrected chi connectivity index (χ2v) is 3.57. The maximum absolute atomic E-state index is 11.3. The average molecular weight is 217 g/mol. The Balaban J connectivity index is 3.89. The molecular formula is C11H23NO3. The fourth-order valence-corrected chi connectivity index (χ4v) is 1.35. The Hall–Kier alpha value is -0.610. The number of carbonyl (C=O) groups is 1. The molecule has 0 rings (SSSR count). The van der Waals surface area contributed by atoms with E-state index in [1.165, 1.54) is 7.11 Å². The van der Waals surface area contributed by atoms with Gasteiger partial charge in [-0.1, -0.05) is 20.3 Å². The molecule has 0 aromatic carbocycles. The van der Waals surface area contributed by atoms with Gasteiger partial charge in [-0.25, -0.2) is 0 Å². The lowest BCUT2D eigenvalue weighted by molar-refractivity contribution is -0.145. The van der Waals surface area contributed by atoms with E-state index in [9.17, 15) is 4.79 Å². The van der Waals surface area contributed by atoms with Gasteiger partial charge in [-0.15, -0.1) is 0 Å². The summed E-state index contributed by atoms with van der Waals surface area (Å²) in [4.78, 5) is 11.3. The maximum atomic E-state index is 11.3. The van der Waals surface area contributed by atoms with Gasteiger partial charge in [-0.05, 0) is 19.9 Å². The van der Waals surface area contributed by atoms with E-state index in [1.54, 1.807) is 0 Å². The van der Waals surface area contributed by atoms with Crippen LogP contribution in [0, 0.1) is 0 Å². The van der Waals surface area contributed by atoms with Crippen molar-refractivity contribution < 1.29 is 14.3 Å². The molecule has 1 N–H and O–H groups in total. The zero-order valence-corrected chi connectivity index (χ0v) is 10.2. The first-order chi connectivity index (χ1) is 7.15. The standard InChI is InChI=1S/C11H23NO3/c1-5-7-9(3)15-8-10(12-6-2)11(13)14-4/h9-10,12H,5-8H2,1-4H3. The van der Waals surface area contributed by atoms with Crippen molar-refractivity contribution >= 4 is 5.97 Å². The molecule has 0 aliphatic carbocycles. The highest BCUT2D eigenvalue weighted by Crippen LogP contribution is 2.02. The van der Waals surface area contributed by atoms with Gasteiger partial charge < -0.3 is 14.8 Å².